The van der Waals surface area contributed by atoms with Gasteiger partial charge in [-0.1, -0.05) is 48.9 Å². The standard InChI is InChI=1S/C21H18ClN3S/c1-3-14-5-7-15(8-6-14)17-11-26-21-19(17)20(23-12-24-21)25-16-9-4-13(2)18(22)10-16/h4-12H,3H2,1-2H3,(H,23,24,25). The third kappa shape index (κ3) is 3.18. The molecule has 130 valence electrons. The second-order valence-corrected chi connectivity index (χ2v) is 7.46. The molecule has 5 heteroatoms. The molecular formula is C21H18ClN3S. The van der Waals surface area contributed by atoms with Crippen molar-refractivity contribution in [2.24, 2.45) is 0 Å². The van der Waals surface area contributed by atoms with Gasteiger partial charge >= 0.3 is 0 Å². The fourth-order valence-electron chi connectivity index (χ4n) is 2.91. The number of hydrogen-bond acceptors (Lipinski definition) is 4. The molecule has 0 aliphatic carbocycles. The second-order valence-electron chi connectivity index (χ2n) is 6.19. The molecule has 0 saturated carbocycles. The molecule has 0 unspecified atom stereocenters. The van der Waals surface area contributed by atoms with Crippen LogP contribution in [0, 0.1) is 6.92 Å². The van der Waals surface area contributed by atoms with E-state index >= 15 is 0 Å². The molecule has 0 aliphatic heterocycles. The Morgan fingerprint density at radius 2 is 1.88 bits per heavy atom. The lowest BCUT2D eigenvalue weighted by molar-refractivity contribution is 1.14. The number of anilines is 2. The van der Waals surface area contributed by atoms with Crippen LogP contribution in [-0.4, -0.2) is 9.97 Å². The van der Waals surface area contributed by atoms with E-state index in [0.717, 1.165) is 44.3 Å². The minimum Gasteiger partial charge on any atom is -0.340 e. The van der Waals surface area contributed by atoms with Crippen LogP contribution in [0.15, 0.2) is 54.2 Å². The van der Waals surface area contributed by atoms with E-state index in [4.69, 9.17) is 11.6 Å². The van der Waals surface area contributed by atoms with Crippen molar-refractivity contribution in [3.05, 3.63) is 70.3 Å². The molecule has 0 radical (unpaired) electrons. The predicted molar refractivity (Wildman–Crippen MR) is 112 cm³/mol. The largest absolute Gasteiger partial charge is 0.340 e. The number of halogens is 1. The first-order valence-corrected chi connectivity index (χ1v) is 9.76. The number of rotatable bonds is 4. The van der Waals surface area contributed by atoms with E-state index < -0.39 is 0 Å². The van der Waals surface area contributed by atoms with Gasteiger partial charge in [0.25, 0.3) is 0 Å². The van der Waals surface area contributed by atoms with Crippen molar-refractivity contribution >= 4 is 44.7 Å². The summed E-state index contributed by atoms with van der Waals surface area (Å²) < 4.78 is 0. The van der Waals surface area contributed by atoms with Gasteiger partial charge in [0.05, 0.1) is 5.39 Å². The van der Waals surface area contributed by atoms with Crippen molar-refractivity contribution in [2.45, 2.75) is 20.3 Å². The SMILES string of the molecule is CCc1ccc(-c2csc3ncnc(Nc4ccc(C)c(Cl)c4)c23)cc1. The molecule has 2 aromatic heterocycles. The lowest BCUT2D eigenvalue weighted by Gasteiger charge is -2.10. The number of thiophene rings is 1. The minimum atomic E-state index is 0.737. The van der Waals surface area contributed by atoms with Crippen LogP contribution in [0.4, 0.5) is 11.5 Å². The van der Waals surface area contributed by atoms with Crippen LogP contribution in [0.5, 0.6) is 0 Å². The lowest BCUT2D eigenvalue weighted by Crippen LogP contribution is -1.96. The minimum absolute atomic E-state index is 0.737. The average molecular weight is 380 g/mol. The summed E-state index contributed by atoms with van der Waals surface area (Å²) >= 11 is 7.89. The van der Waals surface area contributed by atoms with Gasteiger partial charge in [0.15, 0.2) is 0 Å². The molecule has 2 heterocycles. The summed E-state index contributed by atoms with van der Waals surface area (Å²) in [6.45, 7) is 4.16. The van der Waals surface area contributed by atoms with Gasteiger partial charge in [-0.25, -0.2) is 9.97 Å². The topological polar surface area (TPSA) is 37.8 Å². The van der Waals surface area contributed by atoms with Crippen LogP contribution >= 0.6 is 22.9 Å². The van der Waals surface area contributed by atoms with Crippen LogP contribution in [0.1, 0.15) is 18.1 Å². The average Bonchev–Trinajstić information content (AvgIpc) is 3.10. The summed E-state index contributed by atoms with van der Waals surface area (Å²) in [4.78, 5) is 9.89. The Morgan fingerprint density at radius 3 is 2.62 bits per heavy atom. The number of fused-ring (bicyclic) bond motifs is 1. The number of nitrogens with zero attached hydrogens (tertiary/aromatic N) is 2. The van der Waals surface area contributed by atoms with E-state index in [2.05, 4.69) is 51.9 Å². The van der Waals surface area contributed by atoms with E-state index in [1.807, 2.05) is 25.1 Å². The monoisotopic (exact) mass is 379 g/mol. The summed E-state index contributed by atoms with van der Waals surface area (Å²) in [6, 6.07) is 14.6. The summed E-state index contributed by atoms with van der Waals surface area (Å²) in [5, 5.41) is 7.33. The number of benzene rings is 2. The highest BCUT2D eigenvalue weighted by molar-refractivity contribution is 7.17. The van der Waals surface area contributed by atoms with Gasteiger partial charge in [-0.2, -0.15) is 0 Å². The van der Waals surface area contributed by atoms with Gasteiger partial charge < -0.3 is 5.32 Å². The fraction of sp³-hybridized carbons (Fsp3) is 0.143. The van der Waals surface area contributed by atoms with Crippen molar-refractivity contribution in [2.75, 3.05) is 5.32 Å². The smallest absolute Gasteiger partial charge is 0.143 e. The summed E-state index contributed by atoms with van der Waals surface area (Å²) in [5.41, 5.74) is 5.62. The Balaban J connectivity index is 1.79. The number of aryl methyl sites for hydroxylation is 2. The third-order valence-electron chi connectivity index (χ3n) is 4.48. The van der Waals surface area contributed by atoms with E-state index in [1.165, 1.54) is 11.1 Å². The van der Waals surface area contributed by atoms with Crippen LogP contribution < -0.4 is 5.32 Å². The molecule has 0 fully saturated rings. The zero-order valence-corrected chi connectivity index (χ0v) is 16.2. The Labute approximate surface area is 161 Å². The Hall–Kier alpha value is -2.43. The number of hydrogen-bond donors (Lipinski definition) is 1. The Morgan fingerprint density at radius 1 is 1.08 bits per heavy atom. The van der Waals surface area contributed by atoms with Crippen LogP contribution in [0.3, 0.4) is 0 Å². The molecule has 0 spiro atoms. The van der Waals surface area contributed by atoms with Crippen LogP contribution in [0.2, 0.25) is 5.02 Å². The van der Waals surface area contributed by atoms with Gasteiger partial charge in [0, 0.05) is 21.7 Å². The maximum atomic E-state index is 6.26. The Kier molecular flexibility index (Phi) is 4.62. The van der Waals surface area contributed by atoms with E-state index in [-0.39, 0.29) is 0 Å². The van der Waals surface area contributed by atoms with Crippen molar-refractivity contribution in [1.82, 2.24) is 9.97 Å². The quantitative estimate of drug-likeness (QED) is 0.432. The summed E-state index contributed by atoms with van der Waals surface area (Å²) in [7, 11) is 0. The van der Waals surface area contributed by atoms with Crippen molar-refractivity contribution < 1.29 is 0 Å². The summed E-state index contributed by atoms with van der Waals surface area (Å²) in [5.74, 6) is 0.797. The first-order chi connectivity index (χ1) is 12.7. The highest BCUT2D eigenvalue weighted by Crippen LogP contribution is 2.37. The maximum Gasteiger partial charge on any atom is 0.143 e. The van der Waals surface area contributed by atoms with Crippen LogP contribution in [0.25, 0.3) is 21.3 Å². The first-order valence-electron chi connectivity index (χ1n) is 8.50. The van der Waals surface area contributed by atoms with E-state index in [9.17, 15) is 0 Å². The summed E-state index contributed by atoms with van der Waals surface area (Å²) in [6.07, 6.45) is 2.63. The normalized spacial score (nSPS) is 11.0. The molecular weight excluding hydrogens is 362 g/mol. The molecule has 4 aromatic rings. The van der Waals surface area contributed by atoms with E-state index in [1.54, 1.807) is 17.7 Å². The Bertz CT molecular complexity index is 1070. The first kappa shape index (κ1) is 17.0. The number of aromatic nitrogens is 2. The second kappa shape index (κ2) is 7.06. The molecule has 4 rings (SSSR count). The van der Waals surface area contributed by atoms with Gasteiger partial charge in [0.2, 0.25) is 0 Å². The molecule has 2 aromatic carbocycles. The molecule has 0 aliphatic rings. The van der Waals surface area contributed by atoms with Crippen molar-refractivity contribution in [1.29, 1.82) is 0 Å². The van der Waals surface area contributed by atoms with E-state index in [0.29, 0.717) is 0 Å². The van der Waals surface area contributed by atoms with Crippen molar-refractivity contribution in [3.8, 4) is 11.1 Å². The zero-order valence-electron chi connectivity index (χ0n) is 14.6. The molecule has 3 nitrogen and oxygen atoms in total. The molecule has 0 bridgehead atoms. The van der Waals surface area contributed by atoms with Gasteiger partial charge in [-0.05, 0) is 42.2 Å². The lowest BCUT2D eigenvalue weighted by atomic mass is 10.0. The zero-order chi connectivity index (χ0) is 18.1. The maximum absolute atomic E-state index is 6.26. The van der Waals surface area contributed by atoms with Gasteiger partial charge in [-0.3, -0.25) is 0 Å². The van der Waals surface area contributed by atoms with Gasteiger partial charge in [-0.15, -0.1) is 11.3 Å². The van der Waals surface area contributed by atoms with Gasteiger partial charge in [0.1, 0.15) is 17.0 Å². The van der Waals surface area contributed by atoms with Crippen LogP contribution in [-0.2, 0) is 6.42 Å². The highest BCUT2D eigenvalue weighted by atomic mass is 35.5. The molecule has 1 N–H and O–H groups in total. The fourth-order valence-corrected chi connectivity index (χ4v) is 4.01. The van der Waals surface area contributed by atoms with Crippen molar-refractivity contribution in [3.63, 3.8) is 0 Å². The highest BCUT2D eigenvalue weighted by Gasteiger charge is 2.13. The number of nitrogens with one attached hydrogen (secondary N) is 1. The molecule has 0 saturated heterocycles. The predicted octanol–water partition coefficient (Wildman–Crippen LogP) is 6.63. The molecule has 26 heavy (non-hydrogen) atoms. The molecule has 0 amide bonds. The third-order valence-corrected chi connectivity index (χ3v) is 5.77. The molecule has 0 atom stereocenters.